The molecule has 0 atom stereocenters. The highest BCUT2D eigenvalue weighted by molar-refractivity contribution is 8.06. The largest absolute Gasteiger partial charge is 0.404 e. The molecule has 0 amide bonds. The smallest absolute Gasteiger partial charge is 0.376 e. The Morgan fingerprint density at radius 3 is 2.43 bits per heavy atom. The van der Waals surface area contributed by atoms with Gasteiger partial charge in [0.25, 0.3) is 0 Å². The summed E-state index contributed by atoms with van der Waals surface area (Å²) in [5.74, 6) is -0.294. The standard InChI is InChI=1S/C5H3Cl3NO3PS/c6-2-1-3(7)9-5(4(2)8)12-13(10,11)14/h1H,(H2,10,11,14). The van der Waals surface area contributed by atoms with Crippen LogP contribution in [0.4, 0.5) is 0 Å². The van der Waals surface area contributed by atoms with Gasteiger partial charge < -0.3 is 14.3 Å². The number of rotatable bonds is 2. The van der Waals surface area contributed by atoms with Gasteiger partial charge in [0.15, 0.2) is 0 Å². The molecule has 0 saturated heterocycles. The molecule has 2 N–H and O–H groups in total. The second-order valence-electron chi connectivity index (χ2n) is 2.13. The minimum absolute atomic E-state index is 0.0119. The Morgan fingerprint density at radius 1 is 1.36 bits per heavy atom. The third-order valence-corrected chi connectivity index (χ3v) is 2.65. The van der Waals surface area contributed by atoms with Crippen molar-refractivity contribution in [3.05, 3.63) is 21.3 Å². The van der Waals surface area contributed by atoms with Crippen LogP contribution in [0.5, 0.6) is 5.88 Å². The Labute approximate surface area is 99.6 Å². The fourth-order valence-electron chi connectivity index (χ4n) is 0.622. The number of halogens is 3. The quantitative estimate of drug-likeness (QED) is 0.648. The predicted octanol–water partition coefficient (Wildman–Crippen LogP) is 2.63. The van der Waals surface area contributed by atoms with Gasteiger partial charge in [-0.1, -0.05) is 34.8 Å². The molecule has 0 aromatic carbocycles. The van der Waals surface area contributed by atoms with Crippen molar-refractivity contribution in [1.29, 1.82) is 0 Å². The van der Waals surface area contributed by atoms with Crippen molar-refractivity contribution in [3.8, 4) is 5.88 Å². The average Bonchev–Trinajstić information content (AvgIpc) is 1.96. The topological polar surface area (TPSA) is 62.6 Å². The molecule has 0 unspecified atom stereocenters. The van der Waals surface area contributed by atoms with Gasteiger partial charge in [-0.3, -0.25) is 0 Å². The molecule has 0 aliphatic carbocycles. The molecule has 4 nitrogen and oxygen atoms in total. The van der Waals surface area contributed by atoms with Crippen LogP contribution in [-0.4, -0.2) is 14.8 Å². The third-order valence-electron chi connectivity index (χ3n) is 1.06. The zero-order valence-corrected chi connectivity index (χ0v) is 10.3. The molecule has 1 aromatic rings. The van der Waals surface area contributed by atoms with Gasteiger partial charge >= 0.3 is 6.72 Å². The second kappa shape index (κ2) is 4.49. The molecular weight excluding hydrogens is 291 g/mol. The van der Waals surface area contributed by atoms with E-state index in [-0.39, 0.29) is 21.1 Å². The van der Waals surface area contributed by atoms with Crippen molar-refractivity contribution in [3.63, 3.8) is 0 Å². The summed E-state index contributed by atoms with van der Waals surface area (Å²) in [6.45, 7) is -3.89. The van der Waals surface area contributed by atoms with Crippen LogP contribution >= 0.6 is 41.5 Å². The fourth-order valence-corrected chi connectivity index (χ4v) is 1.81. The second-order valence-corrected chi connectivity index (χ2v) is 5.89. The predicted molar refractivity (Wildman–Crippen MR) is 58.6 cm³/mol. The summed E-state index contributed by atoms with van der Waals surface area (Å²) in [7, 11) is 0. The van der Waals surface area contributed by atoms with Crippen molar-refractivity contribution in [2.75, 3.05) is 0 Å². The minimum atomic E-state index is -3.89. The SMILES string of the molecule is OP(O)(=S)Oc1nc(Cl)cc(Cl)c1Cl. The molecule has 0 aliphatic rings. The van der Waals surface area contributed by atoms with Crippen molar-refractivity contribution in [2.45, 2.75) is 0 Å². The molecular formula is C5H3Cl3NO3PS. The van der Waals surface area contributed by atoms with E-state index in [4.69, 9.17) is 44.6 Å². The van der Waals surface area contributed by atoms with Gasteiger partial charge in [-0.25, -0.2) is 0 Å². The van der Waals surface area contributed by atoms with Crippen LogP contribution in [0.15, 0.2) is 6.07 Å². The number of pyridine rings is 1. The monoisotopic (exact) mass is 293 g/mol. The molecule has 1 rings (SSSR count). The maximum Gasteiger partial charge on any atom is 0.376 e. The molecule has 14 heavy (non-hydrogen) atoms. The van der Waals surface area contributed by atoms with E-state index in [1.165, 1.54) is 6.07 Å². The highest BCUT2D eigenvalue weighted by atomic mass is 35.5. The van der Waals surface area contributed by atoms with Crippen LogP contribution in [0, 0.1) is 0 Å². The van der Waals surface area contributed by atoms with Crippen LogP contribution in [0.1, 0.15) is 0 Å². The van der Waals surface area contributed by atoms with Gasteiger partial charge in [0, 0.05) is 11.8 Å². The first kappa shape index (κ1) is 12.5. The van der Waals surface area contributed by atoms with Crippen molar-refractivity contribution >= 4 is 53.3 Å². The maximum absolute atomic E-state index is 8.85. The van der Waals surface area contributed by atoms with E-state index in [1.807, 2.05) is 0 Å². The Bertz CT molecular complexity index is 409. The molecule has 1 heterocycles. The molecule has 0 bridgehead atoms. The molecule has 9 heteroatoms. The maximum atomic E-state index is 8.85. The van der Waals surface area contributed by atoms with Crippen molar-refractivity contribution in [1.82, 2.24) is 4.98 Å². The Kier molecular flexibility index (Phi) is 4.00. The highest BCUT2D eigenvalue weighted by Crippen LogP contribution is 2.42. The lowest BCUT2D eigenvalue weighted by Gasteiger charge is -2.10. The van der Waals surface area contributed by atoms with E-state index in [0.717, 1.165) is 0 Å². The molecule has 0 aliphatic heterocycles. The van der Waals surface area contributed by atoms with Gasteiger partial charge in [-0.05, 0) is 6.07 Å². The van der Waals surface area contributed by atoms with E-state index < -0.39 is 6.72 Å². The lowest BCUT2D eigenvalue weighted by atomic mass is 10.5. The van der Waals surface area contributed by atoms with Gasteiger partial charge in [0.05, 0.1) is 5.02 Å². The number of nitrogens with zero attached hydrogens (tertiary/aromatic N) is 1. The Balaban J connectivity index is 3.15. The summed E-state index contributed by atoms with van der Waals surface area (Å²) in [5.41, 5.74) is 0. The molecule has 0 radical (unpaired) electrons. The van der Waals surface area contributed by atoms with E-state index in [0.29, 0.717) is 0 Å². The van der Waals surface area contributed by atoms with E-state index in [2.05, 4.69) is 21.3 Å². The van der Waals surface area contributed by atoms with E-state index >= 15 is 0 Å². The van der Waals surface area contributed by atoms with Crippen LogP contribution in [0.25, 0.3) is 0 Å². The summed E-state index contributed by atoms with van der Waals surface area (Å²) in [5, 5.41) is 0.0244. The van der Waals surface area contributed by atoms with E-state index in [1.54, 1.807) is 0 Å². The summed E-state index contributed by atoms with van der Waals surface area (Å²) in [6.07, 6.45) is 0. The molecule has 0 saturated carbocycles. The van der Waals surface area contributed by atoms with Crippen LogP contribution < -0.4 is 4.52 Å². The number of hydrogen-bond acceptors (Lipinski definition) is 3. The Hall–Kier alpha value is 0.390. The summed E-state index contributed by atoms with van der Waals surface area (Å²) in [6, 6.07) is 1.29. The molecule has 78 valence electrons. The first-order valence-electron chi connectivity index (χ1n) is 3.06. The summed E-state index contributed by atoms with van der Waals surface area (Å²) < 4.78 is 4.52. The Morgan fingerprint density at radius 2 is 1.93 bits per heavy atom. The zero-order chi connectivity index (χ0) is 10.9. The minimum Gasteiger partial charge on any atom is -0.404 e. The summed E-state index contributed by atoms with van der Waals surface area (Å²) in [4.78, 5) is 21.3. The lowest BCUT2D eigenvalue weighted by molar-refractivity contribution is 0.365. The van der Waals surface area contributed by atoms with Gasteiger partial charge in [-0.2, -0.15) is 4.98 Å². The first-order valence-corrected chi connectivity index (χ1v) is 6.82. The zero-order valence-electron chi connectivity index (χ0n) is 6.32. The highest BCUT2D eigenvalue weighted by Gasteiger charge is 2.17. The van der Waals surface area contributed by atoms with Gasteiger partial charge in [0.2, 0.25) is 5.88 Å². The number of aromatic nitrogens is 1. The van der Waals surface area contributed by atoms with Crippen LogP contribution in [0.2, 0.25) is 15.2 Å². The molecule has 0 spiro atoms. The molecule has 1 aromatic heterocycles. The van der Waals surface area contributed by atoms with Crippen LogP contribution in [0.3, 0.4) is 0 Å². The van der Waals surface area contributed by atoms with Gasteiger partial charge in [-0.15, -0.1) is 0 Å². The van der Waals surface area contributed by atoms with Crippen molar-refractivity contribution in [2.24, 2.45) is 0 Å². The average molecular weight is 294 g/mol. The van der Waals surface area contributed by atoms with E-state index in [9.17, 15) is 0 Å². The third kappa shape index (κ3) is 3.51. The van der Waals surface area contributed by atoms with Crippen molar-refractivity contribution < 1.29 is 14.3 Å². The number of hydrogen-bond donors (Lipinski definition) is 2. The molecule has 0 fully saturated rings. The van der Waals surface area contributed by atoms with Gasteiger partial charge in [0.1, 0.15) is 10.2 Å². The first-order chi connectivity index (χ1) is 6.29. The fraction of sp³-hybridized carbons (Fsp3) is 0. The normalized spacial score (nSPS) is 11.5. The lowest BCUT2D eigenvalue weighted by Crippen LogP contribution is -1.94. The summed E-state index contributed by atoms with van der Waals surface area (Å²) >= 11 is 21.0. The van der Waals surface area contributed by atoms with Crippen LogP contribution in [-0.2, 0) is 11.8 Å².